The highest BCUT2D eigenvalue weighted by molar-refractivity contribution is 7.15. The van der Waals surface area contributed by atoms with Crippen LogP contribution in [0.4, 0.5) is 5.13 Å². The van der Waals surface area contributed by atoms with E-state index in [1.807, 2.05) is 0 Å². The van der Waals surface area contributed by atoms with Crippen molar-refractivity contribution in [2.24, 2.45) is 11.8 Å². The number of hydrogen-bond donors (Lipinski definition) is 2. The summed E-state index contributed by atoms with van der Waals surface area (Å²) in [4.78, 5) is 19.6. The molecular formula is C16H26N3OS+. The maximum atomic E-state index is 12.2. The van der Waals surface area contributed by atoms with Crippen LogP contribution in [0.1, 0.15) is 43.7 Å². The Morgan fingerprint density at radius 3 is 2.81 bits per heavy atom. The van der Waals surface area contributed by atoms with Gasteiger partial charge >= 0.3 is 0 Å². The van der Waals surface area contributed by atoms with E-state index < -0.39 is 0 Å². The standard InChI is InChI=1S/C16H25N3OS/c1-11-5-7-19(8-6-11)10-15(20)18-16-17-13-4-3-12(2)9-14(13)21-16/h11-12H,3-10H2,1-2H3,(H,17,18,20)/p+1/t12-/m0/s1. The lowest BCUT2D eigenvalue weighted by Crippen LogP contribution is -3.14. The minimum atomic E-state index is 0.124. The summed E-state index contributed by atoms with van der Waals surface area (Å²) in [6.45, 7) is 7.44. The topological polar surface area (TPSA) is 46.4 Å². The number of quaternary nitrogens is 1. The van der Waals surface area contributed by atoms with Gasteiger partial charge in [-0.25, -0.2) is 4.98 Å². The second-order valence-electron chi connectivity index (χ2n) is 6.89. The SMILES string of the molecule is CC1CC[NH+](CC(=O)Nc2nc3c(s2)C[C@@H](C)CC3)CC1. The third-order valence-electron chi connectivity index (χ3n) is 4.82. The molecule has 116 valence electrons. The second-order valence-corrected chi connectivity index (χ2v) is 7.98. The molecule has 4 nitrogen and oxygen atoms in total. The molecule has 2 N–H and O–H groups in total. The molecule has 1 aliphatic carbocycles. The molecule has 1 amide bonds. The van der Waals surface area contributed by atoms with Gasteiger partial charge in [0.2, 0.25) is 0 Å². The summed E-state index contributed by atoms with van der Waals surface area (Å²) >= 11 is 1.68. The number of likely N-dealkylation sites (tertiary alicyclic amines) is 1. The normalized spacial score (nSPS) is 29.0. The first kappa shape index (κ1) is 15.0. The molecule has 0 saturated carbocycles. The number of thiazole rings is 1. The van der Waals surface area contributed by atoms with Crippen LogP contribution in [-0.4, -0.2) is 30.5 Å². The lowest BCUT2D eigenvalue weighted by atomic mass is 9.93. The molecule has 1 aliphatic heterocycles. The molecule has 0 spiro atoms. The predicted octanol–water partition coefficient (Wildman–Crippen LogP) is 1.52. The Labute approximate surface area is 130 Å². The zero-order chi connectivity index (χ0) is 14.8. The smallest absolute Gasteiger partial charge is 0.281 e. The van der Waals surface area contributed by atoms with Gasteiger partial charge in [-0.1, -0.05) is 13.8 Å². The maximum absolute atomic E-state index is 12.2. The van der Waals surface area contributed by atoms with Gasteiger partial charge in [0, 0.05) is 4.88 Å². The number of carbonyl (C=O) groups excluding carboxylic acids is 1. The minimum Gasteiger partial charge on any atom is -0.327 e. The van der Waals surface area contributed by atoms with Crippen LogP contribution in [0.2, 0.25) is 0 Å². The van der Waals surface area contributed by atoms with Gasteiger partial charge in [0.1, 0.15) is 0 Å². The van der Waals surface area contributed by atoms with Crippen molar-refractivity contribution in [3.05, 3.63) is 10.6 Å². The van der Waals surface area contributed by atoms with Gasteiger partial charge in [-0.2, -0.15) is 0 Å². The van der Waals surface area contributed by atoms with Gasteiger partial charge in [-0.3, -0.25) is 10.1 Å². The fourth-order valence-corrected chi connectivity index (χ4v) is 4.52. The Bertz CT molecular complexity index is 506. The average molecular weight is 308 g/mol. The molecule has 0 aromatic carbocycles. The first-order chi connectivity index (χ1) is 10.1. The van der Waals surface area contributed by atoms with E-state index in [-0.39, 0.29) is 5.91 Å². The molecular weight excluding hydrogens is 282 g/mol. The number of piperidine rings is 1. The van der Waals surface area contributed by atoms with Gasteiger partial charge in [0.25, 0.3) is 5.91 Å². The third kappa shape index (κ3) is 3.83. The van der Waals surface area contributed by atoms with Crippen molar-refractivity contribution in [3.63, 3.8) is 0 Å². The van der Waals surface area contributed by atoms with Gasteiger partial charge in [0.15, 0.2) is 11.7 Å². The molecule has 1 saturated heterocycles. The molecule has 1 atom stereocenters. The van der Waals surface area contributed by atoms with E-state index in [1.165, 1.54) is 34.7 Å². The van der Waals surface area contributed by atoms with Crippen molar-refractivity contribution in [1.29, 1.82) is 0 Å². The highest BCUT2D eigenvalue weighted by Crippen LogP contribution is 2.31. The number of aryl methyl sites for hydroxylation is 1. The van der Waals surface area contributed by atoms with Crippen LogP contribution in [0.15, 0.2) is 0 Å². The molecule has 1 aromatic heterocycles. The molecule has 1 fully saturated rings. The van der Waals surface area contributed by atoms with Crippen LogP contribution in [0.3, 0.4) is 0 Å². The highest BCUT2D eigenvalue weighted by Gasteiger charge is 2.23. The molecule has 0 unspecified atom stereocenters. The molecule has 3 rings (SSSR count). The number of rotatable bonds is 3. The lowest BCUT2D eigenvalue weighted by molar-refractivity contribution is -0.897. The zero-order valence-corrected chi connectivity index (χ0v) is 13.9. The number of fused-ring (bicyclic) bond motifs is 1. The Morgan fingerprint density at radius 1 is 1.29 bits per heavy atom. The number of carbonyl (C=O) groups is 1. The maximum Gasteiger partial charge on any atom is 0.281 e. The van der Waals surface area contributed by atoms with Crippen molar-refractivity contribution in [2.75, 3.05) is 25.0 Å². The van der Waals surface area contributed by atoms with E-state index in [0.717, 1.165) is 42.9 Å². The molecule has 2 heterocycles. The number of hydrogen-bond acceptors (Lipinski definition) is 3. The van der Waals surface area contributed by atoms with Crippen LogP contribution in [0, 0.1) is 11.8 Å². The minimum absolute atomic E-state index is 0.124. The summed E-state index contributed by atoms with van der Waals surface area (Å²) in [5, 5.41) is 3.83. The number of amides is 1. The highest BCUT2D eigenvalue weighted by atomic mass is 32.1. The van der Waals surface area contributed by atoms with Crippen LogP contribution in [0.5, 0.6) is 0 Å². The summed E-state index contributed by atoms with van der Waals surface area (Å²) in [7, 11) is 0. The van der Waals surface area contributed by atoms with Gasteiger partial charge in [-0.15, -0.1) is 11.3 Å². The number of nitrogens with zero attached hydrogens (tertiary/aromatic N) is 1. The molecule has 0 radical (unpaired) electrons. The fourth-order valence-electron chi connectivity index (χ4n) is 3.33. The molecule has 5 heteroatoms. The summed E-state index contributed by atoms with van der Waals surface area (Å²) in [5.74, 6) is 1.70. The van der Waals surface area contributed by atoms with E-state index >= 15 is 0 Å². The summed E-state index contributed by atoms with van der Waals surface area (Å²) in [6.07, 6.45) is 5.90. The van der Waals surface area contributed by atoms with Gasteiger partial charge in [-0.05, 0) is 43.9 Å². The molecule has 1 aromatic rings. The molecule has 0 bridgehead atoms. The average Bonchev–Trinajstić information content (AvgIpc) is 2.82. The predicted molar refractivity (Wildman–Crippen MR) is 85.9 cm³/mol. The molecule has 2 aliphatic rings. The summed E-state index contributed by atoms with van der Waals surface area (Å²) in [5.41, 5.74) is 1.22. The second kappa shape index (κ2) is 6.44. The van der Waals surface area contributed by atoms with E-state index in [0.29, 0.717) is 6.54 Å². The largest absolute Gasteiger partial charge is 0.327 e. The first-order valence-corrected chi connectivity index (χ1v) is 9.04. The van der Waals surface area contributed by atoms with Crippen LogP contribution in [0.25, 0.3) is 0 Å². The van der Waals surface area contributed by atoms with Crippen molar-refractivity contribution in [1.82, 2.24) is 4.98 Å². The fraction of sp³-hybridized carbons (Fsp3) is 0.750. The van der Waals surface area contributed by atoms with Crippen LogP contribution >= 0.6 is 11.3 Å². The van der Waals surface area contributed by atoms with Gasteiger partial charge in [0.05, 0.1) is 18.8 Å². The molecule has 21 heavy (non-hydrogen) atoms. The van der Waals surface area contributed by atoms with Crippen molar-refractivity contribution in [3.8, 4) is 0 Å². The summed E-state index contributed by atoms with van der Waals surface area (Å²) < 4.78 is 0. The Hall–Kier alpha value is -0.940. The third-order valence-corrected chi connectivity index (χ3v) is 5.86. The number of nitrogens with one attached hydrogen (secondary N) is 2. The van der Waals surface area contributed by atoms with Crippen LogP contribution < -0.4 is 10.2 Å². The van der Waals surface area contributed by atoms with Crippen molar-refractivity contribution in [2.45, 2.75) is 46.0 Å². The van der Waals surface area contributed by atoms with Crippen LogP contribution in [-0.2, 0) is 17.6 Å². The number of aromatic nitrogens is 1. The van der Waals surface area contributed by atoms with Gasteiger partial charge < -0.3 is 4.90 Å². The Kier molecular flexibility index (Phi) is 4.60. The summed E-state index contributed by atoms with van der Waals surface area (Å²) in [6, 6.07) is 0. The Balaban J connectivity index is 1.53. The Morgan fingerprint density at radius 2 is 2.05 bits per heavy atom. The number of anilines is 1. The monoisotopic (exact) mass is 308 g/mol. The quantitative estimate of drug-likeness (QED) is 0.889. The van der Waals surface area contributed by atoms with Crippen molar-refractivity contribution >= 4 is 22.4 Å². The first-order valence-electron chi connectivity index (χ1n) is 8.22. The lowest BCUT2D eigenvalue weighted by Gasteiger charge is -2.26. The van der Waals surface area contributed by atoms with E-state index in [1.54, 1.807) is 11.3 Å². The van der Waals surface area contributed by atoms with E-state index in [2.05, 4.69) is 24.1 Å². The van der Waals surface area contributed by atoms with E-state index in [9.17, 15) is 4.79 Å². The van der Waals surface area contributed by atoms with E-state index in [4.69, 9.17) is 0 Å². The zero-order valence-electron chi connectivity index (χ0n) is 13.1. The van der Waals surface area contributed by atoms with Crippen molar-refractivity contribution < 1.29 is 9.69 Å².